The van der Waals surface area contributed by atoms with Crippen molar-refractivity contribution in [3.8, 4) is 0 Å². The quantitative estimate of drug-likeness (QED) is 0.299. The maximum Gasteiger partial charge on any atom is 0.0568 e. The van der Waals surface area contributed by atoms with Gasteiger partial charge in [0.25, 0.3) is 0 Å². The van der Waals surface area contributed by atoms with Gasteiger partial charge in [-0.2, -0.15) is 0 Å². The predicted octanol–water partition coefficient (Wildman–Crippen LogP) is 3.23. The van der Waals surface area contributed by atoms with E-state index in [1.54, 1.807) is 0 Å². The Kier molecular flexibility index (Phi) is 11.9. The summed E-state index contributed by atoms with van der Waals surface area (Å²) in [5, 5.41) is 11.6. The Hall–Kier alpha value is -0.240. The topological polar surface area (TPSA) is 32.6 Å². The van der Waals surface area contributed by atoms with Crippen molar-refractivity contribution < 1.29 is 5.21 Å². The second-order valence-corrected chi connectivity index (χ2v) is 2.48. The van der Waals surface area contributed by atoms with Crippen molar-refractivity contribution in [3.63, 3.8) is 0 Å². The van der Waals surface area contributed by atoms with Gasteiger partial charge in [-0.05, 0) is 19.3 Å². The smallest absolute Gasteiger partial charge is 0.0568 e. The summed E-state index contributed by atoms with van der Waals surface area (Å²) in [5.74, 6) is 0. The van der Waals surface area contributed by atoms with Crippen LogP contribution >= 0.6 is 12.4 Å². The van der Waals surface area contributed by atoms with Gasteiger partial charge in [0.1, 0.15) is 0 Å². The number of halogens is 1. The van der Waals surface area contributed by atoms with Gasteiger partial charge in [-0.25, -0.2) is 0 Å². The SMILES string of the molecule is CCCCCC(CC)=NO.Cl. The molecule has 0 atom stereocenters. The Morgan fingerprint density at radius 2 is 1.91 bits per heavy atom. The molecule has 0 radical (unpaired) electrons. The fraction of sp³-hybridized carbons (Fsp3) is 0.875. The molecule has 0 rings (SSSR count). The Bertz CT molecular complexity index is 104. The molecule has 0 aliphatic rings. The second-order valence-electron chi connectivity index (χ2n) is 2.48. The van der Waals surface area contributed by atoms with Gasteiger partial charge in [-0.15, -0.1) is 12.4 Å². The number of unbranched alkanes of at least 4 members (excludes halogenated alkanes) is 2. The molecule has 0 saturated heterocycles. The van der Waals surface area contributed by atoms with Crippen molar-refractivity contribution in [2.24, 2.45) is 5.16 Å². The van der Waals surface area contributed by atoms with Gasteiger partial charge in [-0.3, -0.25) is 0 Å². The Morgan fingerprint density at radius 1 is 1.27 bits per heavy atom. The molecule has 0 aromatic heterocycles. The van der Waals surface area contributed by atoms with Crippen LogP contribution in [-0.4, -0.2) is 10.9 Å². The molecule has 2 nitrogen and oxygen atoms in total. The van der Waals surface area contributed by atoms with Gasteiger partial charge < -0.3 is 5.21 Å². The first-order valence-electron chi connectivity index (χ1n) is 4.04. The molecule has 0 amide bonds. The van der Waals surface area contributed by atoms with Crippen molar-refractivity contribution >= 4 is 18.1 Å². The minimum atomic E-state index is 0. The molecule has 0 unspecified atom stereocenters. The van der Waals surface area contributed by atoms with Crippen LogP contribution in [-0.2, 0) is 0 Å². The monoisotopic (exact) mass is 179 g/mol. The fourth-order valence-electron chi connectivity index (χ4n) is 0.877. The Morgan fingerprint density at radius 3 is 2.27 bits per heavy atom. The minimum Gasteiger partial charge on any atom is -0.411 e. The van der Waals surface area contributed by atoms with Gasteiger partial charge in [-0.1, -0.05) is 31.8 Å². The zero-order valence-electron chi connectivity index (χ0n) is 7.34. The standard InChI is InChI=1S/C8H17NO.ClH/c1-3-5-6-7-8(4-2)9-10;/h10H,3-7H2,1-2H3;1H. The van der Waals surface area contributed by atoms with Crippen molar-refractivity contribution in [1.29, 1.82) is 0 Å². The van der Waals surface area contributed by atoms with Gasteiger partial charge in [0.05, 0.1) is 5.71 Å². The van der Waals surface area contributed by atoms with E-state index >= 15 is 0 Å². The highest BCUT2D eigenvalue weighted by atomic mass is 35.5. The van der Waals surface area contributed by atoms with Gasteiger partial charge in [0.15, 0.2) is 0 Å². The third kappa shape index (κ3) is 7.66. The highest BCUT2D eigenvalue weighted by Gasteiger charge is 1.94. The van der Waals surface area contributed by atoms with Gasteiger partial charge >= 0.3 is 0 Å². The van der Waals surface area contributed by atoms with E-state index in [4.69, 9.17) is 5.21 Å². The summed E-state index contributed by atoms with van der Waals surface area (Å²) in [7, 11) is 0. The maximum atomic E-state index is 8.41. The molecule has 0 bridgehead atoms. The number of hydrogen-bond acceptors (Lipinski definition) is 2. The Labute approximate surface area is 75.1 Å². The lowest BCUT2D eigenvalue weighted by Crippen LogP contribution is -1.95. The first-order chi connectivity index (χ1) is 4.85. The van der Waals surface area contributed by atoms with E-state index in [1.165, 1.54) is 12.8 Å². The van der Waals surface area contributed by atoms with Crippen molar-refractivity contribution in [2.45, 2.75) is 46.0 Å². The van der Waals surface area contributed by atoms with Gasteiger partial charge in [0, 0.05) is 0 Å². The van der Waals surface area contributed by atoms with Crippen LogP contribution in [0.25, 0.3) is 0 Å². The summed E-state index contributed by atoms with van der Waals surface area (Å²) in [6, 6.07) is 0. The van der Waals surface area contributed by atoms with Crippen molar-refractivity contribution in [3.05, 3.63) is 0 Å². The van der Waals surface area contributed by atoms with Crippen LogP contribution in [0.1, 0.15) is 46.0 Å². The summed E-state index contributed by atoms with van der Waals surface area (Å²) in [6.07, 6.45) is 5.45. The summed E-state index contributed by atoms with van der Waals surface area (Å²) in [4.78, 5) is 0. The lowest BCUT2D eigenvalue weighted by Gasteiger charge is -1.98. The minimum absolute atomic E-state index is 0. The van der Waals surface area contributed by atoms with E-state index in [0.717, 1.165) is 25.0 Å². The zero-order valence-corrected chi connectivity index (χ0v) is 8.15. The van der Waals surface area contributed by atoms with E-state index in [0.29, 0.717) is 0 Å². The highest BCUT2D eigenvalue weighted by molar-refractivity contribution is 5.85. The van der Waals surface area contributed by atoms with Crippen LogP contribution in [0.15, 0.2) is 5.16 Å². The zero-order chi connectivity index (χ0) is 7.82. The number of oxime groups is 1. The van der Waals surface area contributed by atoms with E-state index < -0.39 is 0 Å². The fourth-order valence-corrected chi connectivity index (χ4v) is 0.877. The lowest BCUT2D eigenvalue weighted by molar-refractivity contribution is 0.316. The normalized spacial score (nSPS) is 10.9. The van der Waals surface area contributed by atoms with E-state index in [9.17, 15) is 0 Å². The van der Waals surface area contributed by atoms with Crippen molar-refractivity contribution in [2.75, 3.05) is 0 Å². The second kappa shape index (κ2) is 9.76. The average Bonchev–Trinajstić information content (AvgIpc) is 1.99. The molecule has 0 aromatic rings. The molecule has 0 aliphatic carbocycles. The first kappa shape index (κ1) is 13.4. The van der Waals surface area contributed by atoms with E-state index in [2.05, 4.69) is 12.1 Å². The number of rotatable bonds is 5. The average molecular weight is 180 g/mol. The predicted molar refractivity (Wildman–Crippen MR) is 50.9 cm³/mol. The maximum absolute atomic E-state index is 8.41. The van der Waals surface area contributed by atoms with Crippen LogP contribution in [0.3, 0.4) is 0 Å². The van der Waals surface area contributed by atoms with Crippen LogP contribution < -0.4 is 0 Å². The summed E-state index contributed by atoms with van der Waals surface area (Å²) >= 11 is 0. The Balaban J connectivity index is 0. The molecule has 68 valence electrons. The van der Waals surface area contributed by atoms with Gasteiger partial charge in [0.2, 0.25) is 0 Å². The molecule has 0 spiro atoms. The molecule has 11 heavy (non-hydrogen) atoms. The van der Waals surface area contributed by atoms with Crippen molar-refractivity contribution in [1.82, 2.24) is 0 Å². The van der Waals surface area contributed by atoms with Crippen LogP contribution in [0, 0.1) is 0 Å². The molecule has 0 aromatic carbocycles. The summed E-state index contributed by atoms with van der Waals surface area (Å²) < 4.78 is 0. The third-order valence-electron chi connectivity index (χ3n) is 1.62. The molecule has 3 heteroatoms. The molecule has 0 fully saturated rings. The summed E-state index contributed by atoms with van der Waals surface area (Å²) in [5.41, 5.74) is 0.924. The molecule has 0 heterocycles. The van der Waals surface area contributed by atoms with E-state index in [-0.39, 0.29) is 12.4 Å². The number of nitrogens with zero attached hydrogens (tertiary/aromatic N) is 1. The number of hydrogen-bond donors (Lipinski definition) is 1. The molecule has 0 saturated carbocycles. The molecular weight excluding hydrogens is 162 g/mol. The van der Waals surface area contributed by atoms with E-state index in [1.807, 2.05) is 6.92 Å². The largest absolute Gasteiger partial charge is 0.411 e. The van der Waals surface area contributed by atoms with Crippen LogP contribution in [0.5, 0.6) is 0 Å². The molecule has 0 aliphatic heterocycles. The van der Waals surface area contributed by atoms with Crippen LogP contribution in [0.4, 0.5) is 0 Å². The third-order valence-corrected chi connectivity index (χ3v) is 1.62. The molecular formula is C8H18ClNO. The highest BCUT2D eigenvalue weighted by Crippen LogP contribution is 2.02. The lowest BCUT2D eigenvalue weighted by atomic mass is 10.1. The first-order valence-corrected chi connectivity index (χ1v) is 4.04. The van der Waals surface area contributed by atoms with Crippen LogP contribution in [0.2, 0.25) is 0 Å². The summed E-state index contributed by atoms with van der Waals surface area (Å²) in [6.45, 7) is 4.18. The molecule has 1 N–H and O–H groups in total.